The summed E-state index contributed by atoms with van der Waals surface area (Å²) in [6.45, 7) is 13.1. The Hall–Kier alpha value is -9.55. The van der Waals surface area contributed by atoms with Crippen molar-refractivity contribution in [3.63, 3.8) is 0 Å². The van der Waals surface area contributed by atoms with Gasteiger partial charge in [0.15, 0.2) is 0 Å². The molecule has 1 aromatic heterocycles. The maximum absolute atomic E-state index is 14.0. The molecule has 0 bridgehead atoms. The van der Waals surface area contributed by atoms with Gasteiger partial charge < -0.3 is 61.5 Å². The standard InChI is InChI=1S/C24H26Cl3N5O.C24H27Cl2N5O.C24H27ClFN5O.C23H27ClN6O/c25-17-3-1-15(2-4-17)9-20-14-33-24-16(10-18(26)11-21(24)27)13-32(20)19-5-7-31(8-6-19)23-12-22(28)29-30-23;2*25-18-3-1-16(2-4-18)11-21-15-32-22-6-5-19(26)12-17(22)14-31(21)20-7-9-30(10-8-20)24-13-23(27)28-29-24;24-18-3-1-16(2-4-18)11-20-15-31-21-13-26-8-5-17(21)14-30(20)19-6-9-29(10-7-19)23-12-22(25)27-28-23/h1-4,10-11,19-20H,5-9,12-14H2,(H2,28,29);2*1-6,12,20-21H,7-11,13-15H2,(H2,27,28);1-5,8,13,19-20H,6-7,9-12,14-15H2,(H2,25,27). The second kappa shape index (κ2) is 42.1. The quantitative estimate of drug-likeness (QED) is 0.0884. The van der Waals surface area contributed by atoms with Crippen LogP contribution in [0.3, 0.4) is 0 Å². The van der Waals surface area contributed by atoms with E-state index in [4.69, 9.17) is 123 Å². The monoisotopic (exact) mass is 1870 g/mol. The molecule has 7 aromatic carbocycles. The first-order chi connectivity index (χ1) is 62.2. The summed E-state index contributed by atoms with van der Waals surface area (Å²) in [5, 5.41) is 37.9. The summed E-state index contributed by atoms with van der Waals surface area (Å²) in [5.74, 6) is 9.44. The van der Waals surface area contributed by atoms with Gasteiger partial charge in [0.1, 0.15) is 102 Å². The molecule has 4 saturated heterocycles. The first-order valence-corrected chi connectivity index (χ1v) is 46.9. The third-order valence-electron chi connectivity index (χ3n) is 26.3. The van der Waals surface area contributed by atoms with Crippen molar-refractivity contribution < 1.29 is 23.3 Å². The Balaban J connectivity index is 0.000000120. The molecule has 4 unspecified atom stereocenters. The number of amidine groups is 8. The van der Waals surface area contributed by atoms with E-state index in [2.05, 4.69) is 140 Å². The molecule has 0 aliphatic carbocycles. The van der Waals surface area contributed by atoms with E-state index in [0.717, 1.165) is 237 Å². The van der Waals surface area contributed by atoms with E-state index in [1.165, 1.54) is 33.9 Å². The van der Waals surface area contributed by atoms with Crippen LogP contribution in [0.15, 0.2) is 205 Å². The number of benzene rings is 7. The zero-order chi connectivity index (χ0) is 88.3. The molecule has 12 aliphatic rings. The van der Waals surface area contributed by atoms with Gasteiger partial charge in [0, 0.05) is 185 Å². The molecule has 12 aliphatic heterocycles. The molecule has 0 amide bonds. The summed E-state index contributed by atoms with van der Waals surface area (Å²) >= 11 is 43.6. The highest BCUT2D eigenvalue weighted by Gasteiger charge is 2.41. The van der Waals surface area contributed by atoms with Crippen LogP contribution in [0.25, 0.3) is 0 Å². The van der Waals surface area contributed by atoms with E-state index in [-0.39, 0.29) is 30.0 Å². The Morgan fingerprint density at radius 3 is 0.969 bits per heavy atom. The zero-order valence-corrected chi connectivity index (χ0v) is 76.7. The number of aromatic nitrogens is 1. The lowest BCUT2D eigenvalue weighted by Gasteiger charge is -2.42. The normalized spacial score (nSPS) is 22.1. The average molecular weight is 1870 g/mol. The van der Waals surface area contributed by atoms with Gasteiger partial charge >= 0.3 is 0 Å². The summed E-state index contributed by atoms with van der Waals surface area (Å²) in [6.07, 6.45) is 18.2. The van der Waals surface area contributed by atoms with E-state index in [1.807, 2.05) is 85.2 Å². The van der Waals surface area contributed by atoms with Gasteiger partial charge in [0.05, 0.1) is 36.9 Å². The lowest BCUT2D eigenvalue weighted by atomic mass is 9.97. The predicted octanol–water partition coefficient (Wildman–Crippen LogP) is 16.2. The summed E-state index contributed by atoms with van der Waals surface area (Å²) in [6, 6.07) is 51.6. The molecule has 33 heteroatoms. The summed E-state index contributed by atoms with van der Waals surface area (Å²) in [5.41, 5.74) is 32.6. The maximum Gasteiger partial charge on any atom is 0.142 e. The third-order valence-corrected chi connectivity index (χ3v) is 28.0. The Morgan fingerprint density at radius 1 is 0.312 bits per heavy atom. The average Bonchev–Trinajstić information content (AvgIpc) is 1.71. The SMILES string of the molecule is NC1=NN=C(N2CCC(N3Cc4cc(Cl)cc(Cl)c4OCC3Cc3ccc(Cl)cc3)CC2)C1.NC1=NN=C(N2CCC(N3Cc4cc(Cl)ccc4OCC3Cc3ccc(Cl)cc3)CC2)C1.NC1=NN=C(N2CCC(N3Cc4cc(F)ccc4OCC3Cc3ccc(Cl)cc3)CC2)C1.NC1=NN=C(N2CCC(N3Cc4ccncc4OCC3Cc3ccc(Cl)cc3)CC2)C1. The number of likely N-dealkylation sites (tertiary alicyclic amines) is 4. The summed E-state index contributed by atoms with van der Waals surface area (Å²) < 4.78 is 38.9. The van der Waals surface area contributed by atoms with E-state index in [0.29, 0.717) is 116 Å². The van der Waals surface area contributed by atoms with E-state index in [1.54, 1.807) is 18.2 Å². The van der Waals surface area contributed by atoms with Gasteiger partial charge in [-0.2, -0.15) is 0 Å². The molecule has 672 valence electrons. The molecule has 128 heavy (non-hydrogen) atoms. The molecule has 8 aromatic rings. The van der Waals surface area contributed by atoms with Crippen molar-refractivity contribution in [2.45, 2.75) is 177 Å². The minimum atomic E-state index is -0.227. The first-order valence-electron chi connectivity index (χ1n) is 44.3. The predicted molar refractivity (Wildman–Crippen MR) is 512 cm³/mol. The van der Waals surface area contributed by atoms with Crippen molar-refractivity contribution in [2.75, 3.05) is 78.8 Å². The minimum absolute atomic E-state index is 0.186. The maximum atomic E-state index is 14.0. The number of nitrogens with zero attached hydrogens (tertiary/aromatic N) is 17. The van der Waals surface area contributed by atoms with Crippen LogP contribution in [0.1, 0.15) is 122 Å². The van der Waals surface area contributed by atoms with Crippen molar-refractivity contribution in [2.24, 2.45) is 63.7 Å². The smallest absolute Gasteiger partial charge is 0.142 e. The molecule has 0 radical (unpaired) electrons. The van der Waals surface area contributed by atoms with E-state index >= 15 is 0 Å². The van der Waals surface area contributed by atoms with Gasteiger partial charge in [-0.25, -0.2) is 4.39 Å². The Kier molecular flexibility index (Phi) is 29.7. The first kappa shape index (κ1) is 90.4. The Labute approximate surface area is 782 Å². The van der Waals surface area contributed by atoms with Crippen molar-refractivity contribution in [1.29, 1.82) is 0 Å². The second-order valence-corrected chi connectivity index (χ2v) is 37.8. The molecule has 0 saturated carbocycles. The number of rotatable bonds is 12. The number of fused-ring (bicyclic) bond motifs is 4. The van der Waals surface area contributed by atoms with E-state index in [9.17, 15) is 4.39 Å². The van der Waals surface area contributed by atoms with Gasteiger partial charge in [-0.15, -0.1) is 40.8 Å². The van der Waals surface area contributed by atoms with Gasteiger partial charge in [-0.05, 0) is 202 Å². The number of pyridine rings is 1. The number of hydrogen-bond donors (Lipinski definition) is 4. The van der Waals surface area contributed by atoms with Gasteiger partial charge in [0.2, 0.25) is 0 Å². The van der Waals surface area contributed by atoms with Crippen LogP contribution in [-0.2, 0) is 51.9 Å². The number of hydrogen-bond acceptors (Lipinski definition) is 25. The van der Waals surface area contributed by atoms with E-state index < -0.39 is 0 Å². The second-order valence-electron chi connectivity index (χ2n) is 34.7. The Bertz CT molecular complexity index is 5300. The molecule has 20 rings (SSSR count). The van der Waals surface area contributed by atoms with Crippen molar-refractivity contribution >= 4 is 128 Å². The highest BCUT2D eigenvalue weighted by Crippen LogP contribution is 2.41. The molecule has 4 fully saturated rings. The third kappa shape index (κ3) is 23.1. The van der Waals surface area contributed by atoms with Crippen LogP contribution in [0.5, 0.6) is 23.0 Å². The van der Waals surface area contributed by atoms with Crippen molar-refractivity contribution in [1.82, 2.24) is 44.2 Å². The molecule has 4 atom stereocenters. The number of halogens is 8. The highest BCUT2D eigenvalue weighted by atomic mass is 35.5. The topological polar surface area (TPSA) is 279 Å². The van der Waals surface area contributed by atoms with Crippen molar-refractivity contribution in [3.05, 3.63) is 250 Å². The molecular weight excluding hydrogens is 1770 g/mol. The molecular formula is C95H107Cl7FN21O4. The summed E-state index contributed by atoms with van der Waals surface area (Å²) in [7, 11) is 0. The van der Waals surface area contributed by atoms with Crippen LogP contribution in [0, 0.1) is 5.82 Å². The number of nitrogens with two attached hydrogens (primary N) is 4. The number of ether oxygens (including phenoxy) is 4. The highest BCUT2D eigenvalue weighted by molar-refractivity contribution is 6.36. The fraction of sp³-hybridized carbons (Fsp3) is 0.421. The largest absolute Gasteiger partial charge is 0.492 e. The lowest BCUT2D eigenvalue weighted by Crippen LogP contribution is -2.51. The fourth-order valence-corrected chi connectivity index (χ4v) is 20.8. The molecule has 0 spiro atoms. The van der Waals surface area contributed by atoms with Crippen LogP contribution in [0.2, 0.25) is 35.2 Å². The molecule has 25 nitrogen and oxygen atoms in total. The van der Waals surface area contributed by atoms with Crippen LogP contribution in [0.4, 0.5) is 4.39 Å². The van der Waals surface area contributed by atoms with Crippen LogP contribution < -0.4 is 41.9 Å². The lowest BCUT2D eigenvalue weighted by molar-refractivity contribution is 0.0670. The van der Waals surface area contributed by atoms with Crippen LogP contribution >= 0.6 is 81.2 Å². The van der Waals surface area contributed by atoms with Crippen molar-refractivity contribution in [3.8, 4) is 23.0 Å². The Morgan fingerprint density at radius 2 is 0.617 bits per heavy atom. The molecule has 13 heterocycles. The fourth-order valence-electron chi connectivity index (χ4n) is 19.5. The van der Waals surface area contributed by atoms with Gasteiger partial charge in [-0.1, -0.05) is 130 Å². The van der Waals surface area contributed by atoms with Gasteiger partial charge in [-0.3, -0.25) is 24.6 Å². The molecule has 8 N–H and O–H groups in total. The van der Waals surface area contributed by atoms with Gasteiger partial charge in [0.25, 0.3) is 0 Å². The number of piperidine rings is 4. The minimum Gasteiger partial charge on any atom is -0.492 e. The zero-order valence-electron chi connectivity index (χ0n) is 71.4. The summed E-state index contributed by atoms with van der Waals surface area (Å²) in [4.78, 5) is 23.9. The van der Waals surface area contributed by atoms with Crippen LogP contribution in [-0.4, -0.2) is 218 Å².